The van der Waals surface area contributed by atoms with Crippen molar-refractivity contribution in [3.63, 3.8) is 0 Å². The number of carbonyl (C=O) groups excluding carboxylic acids is 1. The molecule has 0 spiro atoms. The number of methoxy groups -OCH3 is 1. The highest BCUT2D eigenvalue weighted by molar-refractivity contribution is 7.89. The number of ether oxygens (including phenoxy) is 1. The number of rotatable bonds is 8. The second kappa shape index (κ2) is 9.99. The molecular weight excluding hydrogens is 438 g/mol. The molecule has 0 aromatic heterocycles. The molecule has 1 heterocycles. The number of para-hydroxylation sites is 1. The van der Waals surface area contributed by atoms with Crippen LogP contribution in [0, 0.1) is 0 Å². The number of likely N-dealkylation sites (tertiary alicyclic amines) is 1. The van der Waals surface area contributed by atoms with Crippen molar-refractivity contribution in [1.29, 1.82) is 0 Å². The average molecular weight is 466 g/mol. The second-order valence-corrected chi connectivity index (χ2v) is 10.2. The second-order valence-electron chi connectivity index (χ2n) is 7.64. The minimum atomic E-state index is -3.76. The maximum atomic E-state index is 12.9. The average Bonchev–Trinajstić information content (AvgIpc) is 3.28. The molecule has 0 radical (unpaired) electrons. The Labute approximate surface area is 189 Å². The van der Waals surface area contributed by atoms with Gasteiger partial charge in [-0.05, 0) is 50.2 Å². The van der Waals surface area contributed by atoms with Crippen LogP contribution in [0.5, 0.6) is 5.75 Å². The summed E-state index contributed by atoms with van der Waals surface area (Å²) in [7, 11) is 0.720. The van der Waals surface area contributed by atoms with Crippen LogP contribution in [-0.4, -0.2) is 64.4 Å². The normalized spacial score (nSPS) is 15.8. The molecule has 168 valence electrons. The van der Waals surface area contributed by atoms with Gasteiger partial charge in [-0.2, -0.15) is 0 Å². The zero-order valence-electron chi connectivity index (χ0n) is 18.0. The molecular formula is C22H28ClN3O4S. The van der Waals surface area contributed by atoms with Gasteiger partial charge in [0.2, 0.25) is 10.0 Å². The van der Waals surface area contributed by atoms with Gasteiger partial charge >= 0.3 is 0 Å². The predicted molar refractivity (Wildman–Crippen MR) is 121 cm³/mol. The number of hydrogen-bond donors (Lipinski definition) is 1. The molecule has 0 aliphatic carbocycles. The number of sulfonamides is 1. The van der Waals surface area contributed by atoms with Gasteiger partial charge < -0.3 is 10.1 Å². The van der Waals surface area contributed by atoms with Crippen LogP contribution in [0.3, 0.4) is 0 Å². The number of nitrogens with one attached hydrogen (secondary N) is 1. The largest absolute Gasteiger partial charge is 0.496 e. The minimum absolute atomic E-state index is 0.0418. The van der Waals surface area contributed by atoms with Crippen LogP contribution in [-0.2, 0) is 10.0 Å². The summed E-state index contributed by atoms with van der Waals surface area (Å²) >= 11 is 6.10. The van der Waals surface area contributed by atoms with Crippen LogP contribution in [0.2, 0.25) is 5.02 Å². The minimum Gasteiger partial charge on any atom is -0.496 e. The third-order valence-corrected chi connectivity index (χ3v) is 7.78. The predicted octanol–water partition coefficient (Wildman–Crippen LogP) is 3.17. The van der Waals surface area contributed by atoms with Crippen molar-refractivity contribution in [1.82, 2.24) is 14.5 Å². The first-order valence-electron chi connectivity index (χ1n) is 10.1. The van der Waals surface area contributed by atoms with Crippen LogP contribution in [0.4, 0.5) is 0 Å². The van der Waals surface area contributed by atoms with Crippen molar-refractivity contribution < 1.29 is 17.9 Å². The van der Waals surface area contributed by atoms with E-state index in [2.05, 4.69) is 10.2 Å². The molecule has 1 aliphatic heterocycles. The Morgan fingerprint density at radius 1 is 1.19 bits per heavy atom. The van der Waals surface area contributed by atoms with Crippen molar-refractivity contribution in [2.45, 2.75) is 23.8 Å². The molecule has 1 unspecified atom stereocenters. The number of nitrogens with zero attached hydrogens (tertiary/aromatic N) is 2. The summed E-state index contributed by atoms with van der Waals surface area (Å²) in [6, 6.07) is 12.0. The SMILES string of the molecule is COc1ccccc1C(CNC(=O)c1ccc(Cl)c(S(=O)(=O)N(C)C)c1)N1CCCC1. The lowest BCUT2D eigenvalue weighted by Crippen LogP contribution is -2.37. The summed E-state index contributed by atoms with van der Waals surface area (Å²) in [5.74, 6) is 0.422. The molecule has 1 saturated heterocycles. The quantitative estimate of drug-likeness (QED) is 0.647. The monoisotopic (exact) mass is 465 g/mol. The molecule has 9 heteroatoms. The molecule has 3 rings (SSSR count). The Balaban J connectivity index is 1.83. The Morgan fingerprint density at radius 2 is 1.87 bits per heavy atom. The molecule has 2 aromatic carbocycles. The van der Waals surface area contributed by atoms with E-state index in [-0.39, 0.29) is 27.4 Å². The van der Waals surface area contributed by atoms with E-state index in [1.165, 1.54) is 32.3 Å². The molecule has 1 amide bonds. The highest BCUT2D eigenvalue weighted by Gasteiger charge is 2.27. The number of amides is 1. The van der Waals surface area contributed by atoms with Gasteiger partial charge in [0.25, 0.3) is 5.91 Å². The van der Waals surface area contributed by atoms with Gasteiger partial charge in [-0.3, -0.25) is 9.69 Å². The van der Waals surface area contributed by atoms with Gasteiger partial charge in [-0.25, -0.2) is 12.7 Å². The molecule has 31 heavy (non-hydrogen) atoms. The highest BCUT2D eigenvalue weighted by atomic mass is 35.5. The van der Waals surface area contributed by atoms with Gasteiger partial charge in [-0.15, -0.1) is 0 Å². The van der Waals surface area contributed by atoms with Crippen LogP contribution < -0.4 is 10.1 Å². The van der Waals surface area contributed by atoms with E-state index >= 15 is 0 Å². The Hall–Kier alpha value is -2.13. The first-order valence-corrected chi connectivity index (χ1v) is 11.9. The third kappa shape index (κ3) is 5.20. The van der Waals surface area contributed by atoms with Crippen molar-refractivity contribution >= 4 is 27.5 Å². The number of benzene rings is 2. The fourth-order valence-electron chi connectivity index (χ4n) is 3.76. The van der Waals surface area contributed by atoms with Crippen LogP contribution in [0.25, 0.3) is 0 Å². The fraction of sp³-hybridized carbons (Fsp3) is 0.409. The zero-order valence-corrected chi connectivity index (χ0v) is 19.5. The highest BCUT2D eigenvalue weighted by Crippen LogP contribution is 2.31. The summed E-state index contributed by atoms with van der Waals surface area (Å²) in [4.78, 5) is 15.1. The first-order chi connectivity index (χ1) is 14.8. The third-order valence-electron chi connectivity index (χ3n) is 5.49. The molecule has 1 aliphatic rings. The standard InChI is InChI=1S/C22H28ClN3O4S/c1-25(2)31(28,29)21-14-16(10-11-18(21)23)22(27)24-15-19(26-12-6-7-13-26)17-8-4-5-9-20(17)30-3/h4-5,8-11,14,19H,6-7,12-13,15H2,1-3H3,(H,24,27). The maximum absolute atomic E-state index is 12.9. The van der Waals surface area contributed by atoms with Gasteiger partial charge in [0, 0.05) is 31.8 Å². The van der Waals surface area contributed by atoms with Crippen LogP contribution in [0.1, 0.15) is 34.8 Å². The lowest BCUT2D eigenvalue weighted by atomic mass is 10.0. The van der Waals surface area contributed by atoms with Crippen molar-refractivity contribution in [2.75, 3.05) is 40.8 Å². The summed E-state index contributed by atoms with van der Waals surface area (Å²) in [5.41, 5.74) is 1.25. The van der Waals surface area contributed by atoms with Crippen molar-refractivity contribution in [2.24, 2.45) is 0 Å². The van der Waals surface area contributed by atoms with Crippen LogP contribution in [0.15, 0.2) is 47.4 Å². The Bertz CT molecular complexity index is 1040. The maximum Gasteiger partial charge on any atom is 0.251 e. The number of halogens is 1. The van der Waals surface area contributed by atoms with E-state index in [9.17, 15) is 13.2 Å². The number of hydrogen-bond acceptors (Lipinski definition) is 5. The molecule has 1 fully saturated rings. The van der Waals surface area contributed by atoms with Gasteiger partial charge in [-0.1, -0.05) is 29.8 Å². The zero-order chi connectivity index (χ0) is 22.6. The van der Waals surface area contributed by atoms with E-state index in [4.69, 9.17) is 16.3 Å². The summed E-state index contributed by atoms with van der Waals surface area (Å²) in [6.45, 7) is 2.27. The molecule has 0 saturated carbocycles. The van der Waals surface area contributed by atoms with E-state index in [0.29, 0.717) is 6.54 Å². The molecule has 2 aromatic rings. The van der Waals surface area contributed by atoms with Crippen molar-refractivity contribution in [3.05, 3.63) is 58.6 Å². The van der Waals surface area contributed by atoms with E-state index in [1.807, 2.05) is 24.3 Å². The summed E-state index contributed by atoms with van der Waals surface area (Å²) < 4.78 is 31.6. The fourth-order valence-corrected chi connectivity index (χ4v) is 5.15. The lowest BCUT2D eigenvalue weighted by Gasteiger charge is -2.29. The molecule has 0 bridgehead atoms. The Kier molecular flexibility index (Phi) is 7.59. The number of carbonyl (C=O) groups is 1. The molecule has 1 N–H and O–H groups in total. The van der Waals surface area contributed by atoms with E-state index in [0.717, 1.165) is 41.5 Å². The first kappa shape index (κ1) is 23.5. The topological polar surface area (TPSA) is 78.9 Å². The smallest absolute Gasteiger partial charge is 0.251 e. The van der Waals surface area contributed by atoms with Gasteiger partial charge in [0.15, 0.2) is 0 Å². The van der Waals surface area contributed by atoms with Crippen molar-refractivity contribution in [3.8, 4) is 5.75 Å². The molecule has 7 nitrogen and oxygen atoms in total. The lowest BCUT2D eigenvalue weighted by molar-refractivity contribution is 0.0937. The summed E-state index contributed by atoms with van der Waals surface area (Å²) in [6.07, 6.45) is 2.23. The van der Waals surface area contributed by atoms with Crippen LogP contribution >= 0.6 is 11.6 Å². The van der Waals surface area contributed by atoms with Gasteiger partial charge in [0.1, 0.15) is 10.6 Å². The summed E-state index contributed by atoms with van der Waals surface area (Å²) in [5, 5.41) is 3.04. The van der Waals surface area contributed by atoms with Gasteiger partial charge in [0.05, 0.1) is 18.2 Å². The van der Waals surface area contributed by atoms with E-state index < -0.39 is 10.0 Å². The molecule has 1 atom stereocenters. The Morgan fingerprint density at radius 3 is 2.52 bits per heavy atom. The van der Waals surface area contributed by atoms with E-state index in [1.54, 1.807) is 7.11 Å².